The molecule has 0 saturated carbocycles. The summed E-state index contributed by atoms with van der Waals surface area (Å²) in [5, 5.41) is 12.1. The number of ether oxygens (including phenoxy) is 1. The Bertz CT molecular complexity index is 485. The standard InChI is InChI=1S/C13H13NO2S/c1-16-12-7-5-11(6-8-12)10-17-13-4-2-3-9-14(13)15/h2-9H,10H2,1H3. The molecule has 3 nitrogen and oxygen atoms in total. The molecule has 0 N–H and O–H groups in total. The Morgan fingerprint density at radius 2 is 1.94 bits per heavy atom. The van der Waals surface area contributed by atoms with E-state index in [0.29, 0.717) is 5.03 Å². The van der Waals surface area contributed by atoms with Crippen LogP contribution >= 0.6 is 11.8 Å². The van der Waals surface area contributed by atoms with E-state index in [4.69, 9.17) is 4.74 Å². The summed E-state index contributed by atoms with van der Waals surface area (Å²) in [6.07, 6.45) is 1.51. The molecule has 0 aliphatic carbocycles. The average Bonchev–Trinajstić information content (AvgIpc) is 2.38. The van der Waals surface area contributed by atoms with Gasteiger partial charge in [-0.1, -0.05) is 23.9 Å². The van der Waals surface area contributed by atoms with Crippen molar-refractivity contribution in [3.05, 3.63) is 59.4 Å². The number of nitrogens with zero attached hydrogens (tertiary/aromatic N) is 1. The summed E-state index contributed by atoms with van der Waals surface area (Å²) in [4.78, 5) is 0. The number of thioether (sulfide) groups is 1. The molecule has 0 saturated heterocycles. The second kappa shape index (κ2) is 5.59. The van der Waals surface area contributed by atoms with E-state index in [1.807, 2.05) is 36.4 Å². The lowest BCUT2D eigenvalue weighted by atomic mass is 10.2. The van der Waals surface area contributed by atoms with Gasteiger partial charge in [-0.3, -0.25) is 0 Å². The minimum absolute atomic E-state index is 0.711. The van der Waals surface area contributed by atoms with E-state index in [2.05, 4.69) is 0 Å². The van der Waals surface area contributed by atoms with E-state index >= 15 is 0 Å². The van der Waals surface area contributed by atoms with Crippen molar-refractivity contribution >= 4 is 11.8 Å². The van der Waals surface area contributed by atoms with E-state index in [0.717, 1.165) is 16.2 Å². The van der Waals surface area contributed by atoms with Crippen molar-refractivity contribution in [2.45, 2.75) is 10.8 Å². The number of pyridine rings is 1. The van der Waals surface area contributed by atoms with Crippen molar-refractivity contribution in [3.63, 3.8) is 0 Å². The first kappa shape index (κ1) is 11.8. The Kier molecular flexibility index (Phi) is 3.88. The Labute approximate surface area is 105 Å². The van der Waals surface area contributed by atoms with E-state index in [-0.39, 0.29) is 0 Å². The first-order chi connectivity index (χ1) is 8.29. The minimum atomic E-state index is 0.711. The van der Waals surface area contributed by atoms with Gasteiger partial charge in [0.25, 0.3) is 5.03 Å². The number of aromatic nitrogens is 1. The highest BCUT2D eigenvalue weighted by Crippen LogP contribution is 2.20. The van der Waals surface area contributed by atoms with Gasteiger partial charge in [-0.15, -0.1) is 0 Å². The lowest BCUT2D eigenvalue weighted by Crippen LogP contribution is -2.27. The SMILES string of the molecule is COc1ccc(CSc2cccc[n+]2[O-])cc1. The smallest absolute Gasteiger partial charge is 0.251 e. The Balaban J connectivity index is 2.00. The maximum absolute atomic E-state index is 11.4. The van der Waals surface area contributed by atoms with Gasteiger partial charge in [-0.05, 0) is 23.8 Å². The predicted octanol–water partition coefficient (Wildman–Crippen LogP) is 2.62. The zero-order chi connectivity index (χ0) is 12.1. The van der Waals surface area contributed by atoms with Gasteiger partial charge >= 0.3 is 0 Å². The molecule has 2 aromatic rings. The third-order valence-electron chi connectivity index (χ3n) is 2.33. The van der Waals surface area contributed by atoms with Gasteiger partial charge in [0.2, 0.25) is 0 Å². The van der Waals surface area contributed by atoms with Crippen LogP contribution in [0.4, 0.5) is 0 Å². The Morgan fingerprint density at radius 3 is 2.59 bits per heavy atom. The molecular formula is C13H13NO2S. The molecule has 0 fully saturated rings. The third-order valence-corrected chi connectivity index (χ3v) is 3.42. The molecule has 0 unspecified atom stereocenters. The van der Waals surface area contributed by atoms with Gasteiger partial charge in [0.05, 0.1) is 7.11 Å². The molecule has 0 bridgehead atoms. The van der Waals surface area contributed by atoms with Crippen LogP contribution in [0.25, 0.3) is 0 Å². The van der Waals surface area contributed by atoms with Crippen LogP contribution < -0.4 is 9.47 Å². The second-order valence-electron chi connectivity index (χ2n) is 3.50. The Hall–Kier alpha value is -1.68. The van der Waals surface area contributed by atoms with Crippen LogP contribution in [0, 0.1) is 5.21 Å². The Morgan fingerprint density at radius 1 is 1.18 bits per heavy atom. The van der Waals surface area contributed by atoms with Crippen LogP contribution in [-0.4, -0.2) is 7.11 Å². The quantitative estimate of drug-likeness (QED) is 0.473. The predicted molar refractivity (Wildman–Crippen MR) is 68.0 cm³/mol. The summed E-state index contributed by atoms with van der Waals surface area (Å²) >= 11 is 1.52. The lowest BCUT2D eigenvalue weighted by molar-refractivity contribution is -0.645. The zero-order valence-corrected chi connectivity index (χ0v) is 10.3. The van der Waals surface area contributed by atoms with Crippen molar-refractivity contribution < 1.29 is 9.47 Å². The summed E-state index contributed by atoms with van der Waals surface area (Å²) in [6, 6.07) is 13.3. The highest BCUT2D eigenvalue weighted by Gasteiger charge is 2.04. The number of hydrogen-bond acceptors (Lipinski definition) is 3. The fraction of sp³-hybridized carbons (Fsp3) is 0.154. The molecule has 17 heavy (non-hydrogen) atoms. The van der Waals surface area contributed by atoms with Gasteiger partial charge in [-0.2, -0.15) is 4.73 Å². The largest absolute Gasteiger partial charge is 0.618 e. The molecule has 0 aliphatic heterocycles. The van der Waals surface area contributed by atoms with Gasteiger partial charge in [0, 0.05) is 17.9 Å². The van der Waals surface area contributed by atoms with Gasteiger partial charge in [-0.25, -0.2) is 0 Å². The fourth-order valence-electron chi connectivity index (χ4n) is 1.40. The highest BCUT2D eigenvalue weighted by atomic mass is 32.2. The highest BCUT2D eigenvalue weighted by molar-refractivity contribution is 7.98. The number of methoxy groups -OCH3 is 1. The molecule has 0 amide bonds. The second-order valence-corrected chi connectivity index (χ2v) is 4.50. The number of hydrogen-bond donors (Lipinski definition) is 0. The topological polar surface area (TPSA) is 36.2 Å². The van der Waals surface area contributed by atoms with E-state index < -0.39 is 0 Å². The first-order valence-electron chi connectivity index (χ1n) is 5.23. The van der Waals surface area contributed by atoms with E-state index in [1.165, 1.54) is 23.5 Å². The van der Waals surface area contributed by atoms with Gasteiger partial charge < -0.3 is 9.94 Å². The summed E-state index contributed by atoms with van der Waals surface area (Å²) in [6.45, 7) is 0. The van der Waals surface area contributed by atoms with Gasteiger partial charge in [0.1, 0.15) is 5.75 Å². The van der Waals surface area contributed by atoms with Crippen molar-refractivity contribution in [2.75, 3.05) is 7.11 Å². The van der Waals surface area contributed by atoms with Crippen LogP contribution in [-0.2, 0) is 5.75 Å². The molecular weight excluding hydrogens is 234 g/mol. The van der Waals surface area contributed by atoms with Crippen LogP contribution in [0.2, 0.25) is 0 Å². The number of benzene rings is 1. The van der Waals surface area contributed by atoms with E-state index in [1.54, 1.807) is 13.2 Å². The van der Waals surface area contributed by atoms with Crippen molar-refractivity contribution in [1.29, 1.82) is 0 Å². The molecule has 88 valence electrons. The maximum atomic E-state index is 11.4. The molecule has 0 radical (unpaired) electrons. The van der Waals surface area contributed by atoms with Crippen LogP contribution in [0.1, 0.15) is 5.56 Å². The van der Waals surface area contributed by atoms with Crippen LogP contribution in [0.15, 0.2) is 53.7 Å². The first-order valence-corrected chi connectivity index (χ1v) is 6.22. The maximum Gasteiger partial charge on any atom is 0.251 e. The third kappa shape index (κ3) is 3.14. The zero-order valence-electron chi connectivity index (χ0n) is 9.50. The van der Waals surface area contributed by atoms with Crippen molar-refractivity contribution in [1.82, 2.24) is 0 Å². The monoisotopic (exact) mass is 247 g/mol. The molecule has 2 rings (SSSR count). The summed E-state index contributed by atoms with van der Waals surface area (Å²) in [5.74, 6) is 1.62. The lowest BCUT2D eigenvalue weighted by Gasteiger charge is -2.04. The molecule has 1 heterocycles. The summed E-state index contributed by atoms with van der Waals surface area (Å²) < 4.78 is 5.97. The molecule has 0 spiro atoms. The molecule has 1 aromatic heterocycles. The van der Waals surface area contributed by atoms with Crippen molar-refractivity contribution in [2.24, 2.45) is 0 Å². The molecule has 1 aromatic carbocycles. The van der Waals surface area contributed by atoms with Gasteiger partial charge in [0.15, 0.2) is 6.20 Å². The summed E-state index contributed by atoms with van der Waals surface area (Å²) in [7, 11) is 1.65. The van der Waals surface area contributed by atoms with Crippen LogP contribution in [0.3, 0.4) is 0 Å². The van der Waals surface area contributed by atoms with Crippen LogP contribution in [0.5, 0.6) is 5.75 Å². The van der Waals surface area contributed by atoms with E-state index in [9.17, 15) is 5.21 Å². The number of rotatable bonds is 4. The average molecular weight is 247 g/mol. The fourth-order valence-corrected chi connectivity index (χ4v) is 2.27. The van der Waals surface area contributed by atoms with Crippen molar-refractivity contribution in [3.8, 4) is 5.75 Å². The molecule has 0 atom stereocenters. The summed E-state index contributed by atoms with van der Waals surface area (Å²) in [5.41, 5.74) is 1.17. The molecule has 0 aliphatic rings. The molecule has 4 heteroatoms. The minimum Gasteiger partial charge on any atom is -0.618 e. The normalized spacial score (nSPS) is 10.2.